The summed E-state index contributed by atoms with van der Waals surface area (Å²) >= 11 is 1.44. The third kappa shape index (κ3) is 3.36. The van der Waals surface area contributed by atoms with Gasteiger partial charge in [0.25, 0.3) is 0 Å². The van der Waals surface area contributed by atoms with Crippen LogP contribution in [0.1, 0.15) is 36.9 Å². The smallest absolute Gasteiger partial charge is 0.150 e. The molecule has 2 rings (SSSR count). The highest BCUT2D eigenvalue weighted by Gasteiger charge is 2.14. The lowest BCUT2D eigenvalue weighted by Gasteiger charge is -2.08. The molecule has 0 amide bonds. The lowest BCUT2D eigenvalue weighted by atomic mass is 10.1. The van der Waals surface area contributed by atoms with E-state index < -0.39 is 0 Å². The van der Waals surface area contributed by atoms with E-state index in [1.807, 2.05) is 19.9 Å². The van der Waals surface area contributed by atoms with Gasteiger partial charge in [-0.15, -0.1) is 10.2 Å². The SMILES string of the molecule is CCCNC(C)c1nnc(-c2cc(C)ccc2F)s1. The first-order chi connectivity index (χ1) is 9.11. The molecule has 0 saturated carbocycles. The van der Waals surface area contributed by atoms with Crippen molar-refractivity contribution in [3.63, 3.8) is 0 Å². The summed E-state index contributed by atoms with van der Waals surface area (Å²) in [5.41, 5.74) is 1.55. The molecule has 0 aliphatic heterocycles. The minimum atomic E-state index is -0.248. The van der Waals surface area contributed by atoms with Crippen LogP contribution in [0.4, 0.5) is 4.39 Å². The monoisotopic (exact) mass is 279 g/mol. The van der Waals surface area contributed by atoms with Gasteiger partial charge in [0.2, 0.25) is 0 Å². The molecule has 3 nitrogen and oxygen atoms in total. The maximum atomic E-state index is 13.8. The average Bonchev–Trinajstić information content (AvgIpc) is 2.88. The van der Waals surface area contributed by atoms with Crippen molar-refractivity contribution in [1.29, 1.82) is 0 Å². The molecule has 1 atom stereocenters. The fraction of sp³-hybridized carbons (Fsp3) is 0.429. The molecule has 1 unspecified atom stereocenters. The van der Waals surface area contributed by atoms with Gasteiger partial charge in [-0.05, 0) is 38.9 Å². The Labute approximate surface area is 116 Å². The molecule has 0 saturated heterocycles. The molecule has 5 heteroatoms. The van der Waals surface area contributed by atoms with Crippen molar-refractivity contribution in [3.8, 4) is 10.6 Å². The van der Waals surface area contributed by atoms with Crippen LogP contribution >= 0.6 is 11.3 Å². The molecule has 1 heterocycles. The van der Waals surface area contributed by atoms with Gasteiger partial charge in [0, 0.05) is 5.56 Å². The average molecular weight is 279 g/mol. The summed E-state index contributed by atoms with van der Waals surface area (Å²) in [7, 11) is 0. The quantitative estimate of drug-likeness (QED) is 0.906. The number of hydrogen-bond donors (Lipinski definition) is 1. The number of aryl methyl sites for hydroxylation is 1. The van der Waals surface area contributed by atoms with Gasteiger partial charge in [0.1, 0.15) is 10.8 Å². The second-order valence-electron chi connectivity index (χ2n) is 4.60. The second-order valence-corrected chi connectivity index (χ2v) is 5.61. The summed E-state index contributed by atoms with van der Waals surface area (Å²) < 4.78 is 13.8. The van der Waals surface area contributed by atoms with E-state index >= 15 is 0 Å². The van der Waals surface area contributed by atoms with Gasteiger partial charge >= 0.3 is 0 Å². The van der Waals surface area contributed by atoms with Gasteiger partial charge in [0.15, 0.2) is 5.01 Å². The van der Waals surface area contributed by atoms with Crippen LogP contribution in [0.25, 0.3) is 10.6 Å². The van der Waals surface area contributed by atoms with E-state index in [0.717, 1.165) is 23.5 Å². The van der Waals surface area contributed by atoms with Crippen molar-refractivity contribution in [1.82, 2.24) is 15.5 Å². The third-order valence-electron chi connectivity index (χ3n) is 2.86. The van der Waals surface area contributed by atoms with E-state index in [4.69, 9.17) is 0 Å². The van der Waals surface area contributed by atoms with Crippen LogP contribution in [0.15, 0.2) is 18.2 Å². The minimum Gasteiger partial charge on any atom is -0.308 e. The molecule has 0 bridgehead atoms. The fourth-order valence-corrected chi connectivity index (χ4v) is 2.66. The lowest BCUT2D eigenvalue weighted by Crippen LogP contribution is -2.18. The van der Waals surface area contributed by atoms with E-state index in [0.29, 0.717) is 10.6 Å². The number of hydrogen-bond acceptors (Lipinski definition) is 4. The van der Waals surface area contributed by atoms with Crippen LogP contribution in [0.2, 0.25) is 0 Å². The predicted octanol–water partition coefficient (Wildman–Crippen LogP) is 3.71. The van der Waals surface area contributed by atoms with E-state index in [1.165, 1.54) is 17.4 Å². The molecular weight excluding hydrogens is 261 g/mol. The summed E-state index contributed by atoms with van der Waals surface area (Å²) in [6.45, 7) is 7.05. The highest BCUT2D eigenvalue weighted by atomic mass is 32.1. The maximum Gasteiger partial charge on any atom is 0.150 e. The zero-order valence-electron chi connectivity index (χ0n) is 11.4. The van der Waals surface area contributed by atoms with E-state index in [1.54, 1.807) is 6.07 Å². The van der Waals surface area contributed by atoms with Crippen molar-refractivity contribution >= 4 is 11.3 Å². The summed E-state index contributed by atoms with van der Waals surface area (Å²) in [4.78, 5) is 0. The molecule has 19 heavy (non-hydrogen) atoms. The zero-order valence-corrected chi connectivity index (χ0v) is 12.2. The first-order valence-corrected chi connectivity index (χ1v) is 7.26. The van der Waals surface area contributed by atoms with E-state index in [2.05, 4.69) is 22.4 Å². The van der Waals surface area contributed by atoms with Gasteiger partial charge < -0.3 is 5.32 Å². The summed E-state index contributed by atoms with van der Waals surface area (Å²) in [6, 6.07) is 5.19. The Balaban J connectivity index is 2.23. The lowest BCUT2D eigenvalue weighted by molar-refractivity contribution is 0.564. The molecule has 0 aliphatic rings. The second kappa shape index (κ2) is 6.21. The Morgan fingerprint density at radius 3 is 2.89 bits per heavy atom. The molecular formula is C14H18FN3S. The van der Waals surface area contributed by atoms with E-state index in [-0.39, 0.29) is 11.9 Å². The van der Waals surface area contributed by atoms with Crippen LogP contribution in [0.5, 0.6) is 0 Å². The third-order valence-corrected chi connectivity index (χ3v) is 4.00. The Hall–Kier alpha value is -1.33. The van der Waals surface area contributed by atoms with Crippen LogP contribution < -0.4 is 5.32 Å². The molecule has 0 aliphatic carbocycles. The van der Waals surface area contributed by atoms with Crippen molar-refractivity contribution in [2.45, 2.75) is 33.2 Å². The molecule has 1 N–H and O–H groups in total. The Kier molecular flexibility index (Phi) is 4.61. The minimum absolute atomic E-state index is 0.152. The van der Waals surface area contributed by atoms with Gasteiger partial charge in [-0.2, -0.15) is 0 Å². The topological polar surface area (TPSA) is 37.8 Å². The number of halogens is 1. The highest BCUT2D eigenvalue weighted by molar-refractivity contribution is 7.14. The largest absolute Gasteiger partial charge is 0.308 e. The Morgan fingerprint density at radius 2 is 2.16 bits per heavy atom. The normalized spacial score (nSPS) is 12.6. The summed E-state index contributed by atoms with van der Waals surface area (Å²) in [5.74, 6) is -0.248. The van der Waals surface area contributed by atoms with Crippen molar-refractivity contribution < 1.29 is 4.39 Å². The van der Waals surface area contributed by atoms with Gasteiger partial charge in [-0.25, -0.2) is 4.39 Å². The molecule has 1 aromatic heterocycles. The fourth-order valence-electron chi connectivity index (χ4n) is 1.77. The van der Waals surface area contributed by atoms with Crippen LogP contribution in [0.3, 0.4) is 0 Å². The standard InChI is InChI=1S/C14H18FN3S/c1-4-7-16-10(3)13-17-18-14(19-13)11-8-9(2)5-6-12(11)15/h5-6,8,10,16H,4,7H2,1-3H3. The van der Waals surface area contributed by atoms with Crippen molar-refractivity contribution in [3.05, 3.63) is 34.6 Å². The van der Waals surface area contributed by atoms with Gasteiger partial charge in [-0.1, -0.05) is 29.9 Å². The number of benzene rings is 1. The Bertz CT molecular complexity index is 553. The molecule has 2 aromatic rings. The van der Waals surface area contributed by atoms with E-state index in [9.17, 15) is 4.39 Å². The van der Waals surface area contributed by atoms with Gasteiger partial charge in [-0.3, -0.25) is 0 Å². The Morgan fingerprint density at radius 1 is 1.37 bits per heavy atom. The summed E-state index contributed by atoms with van der Waals surface area (Å²) in [6.07, 6.45) is 1.07. The van der Waals surface area contributed by atoms with Crippen molar-refractivity contribution in [2.24, 2.45) is 0 Å². The summed E-state index contributed by atoms with van der Waals surface area (Å²) in [5, 5.41) is 13.1. The zero-order chi connectivity index (χ0) is 13.8. The van der Waals surface area contributed by atoms with Crippen LogP contribution in [-0.2, 0) is 0 Å². The first-order valence-electron chi connectivity index (χ1n) is 6.45. The van der Waals surface area contributed by atoms with Gasteiger partial charge in [0.05, 0.1) is 6.04 Å². The van der Waals surface area contributed by atoms with Crippen molar-refractivity contribution in [2.75, 3.05) is 6.54 Å². The molecule has 0 spiro atoms. The highest BCUT2D eigenvalue weighted by Crippen LogP contribution is 2.29. The number of nitrogens with one attached hydrogen (secondary N) is 1. The molecule has 1 aromatic carbocycles. The number of aromatic nitrogens is 2. The first kappa shape index (κ1) is 14.1. The number of rotatable bonds is 5. The van der Waals surface area contributed by atoms with Crippen LogP contribution in [-0.4, -0.2) is 16.7 Å². The van der Waals surface area contributed by atoms with Crippen LogP contribution in [0, 0.1) is 12.7 Å². The predicted molar refractivity (Wildman–Crippen MR) is 76.7 cm³/mol. The molecule has 0 fully saturated rings. The maximum absolute atomic E-state index is 13.8. The molecule has 102 valence electrons. The number of nitrogens with zero attached hydrogens (tertiary/aromatic N) is 2. The molecule has 0 radical (unpaired) electrons.